The van der Waals surface area contributed by atoms with Crippen molar-refractivity contribution < 1.29 is 19.0 Å². The second-order valence-corrected chi connectivity index (χ2v) is 12.2. The summed E-state index contributed by atoms with van der Waals surface area (Å²) in [6.07, 6.45) is 4.57. The molecule has 0 saturated carbocycles. The van der Waals surface area contributed by atoms with Crippen molar-refractivity contribution in [2.75, 3.05) is 0 Å². The zero-order valence-corrected chi connectivity index (χ0v) is 22.0. The first-order valence-corrected chi connectivity index (χ1v) is 13.0. The van der Waals surface area contributed by atoms with Gasteiger partial charge in [-0.05, 0) is 74.6 Å². The minimum Gasteiger partial charge on any atom is -0.487 e. The highest BCUT2D eigenvalue weighted by Gasteiger charge is 2.56. The van der Waals surface area contributed by atoms with Crippen LogP contribution in [0.3, 0.4) is 0 Å². The lowest BCUT2D eigenvalue weighted by atomic mass is 9.58. The van der Waals surface area contributed by atoms with Gasteiger partial charge in [0.2, 0.25) is 0 Å². The maximum atomic E-state index is 15.8. The van der Waals surface area contributed by atoms with Crippen LogP contribution in [-0.4, -0.2) is 29.9 Å². The number of carboxylic acids is 1. The third-order valence-electron chi connectivity index (χ3n) is 8.03. The van der Waals surface area contributed by atoms with Crippen molar-refractivity contribution in [3.63, 3.8) is 0 Å². The molecule has 0 spiro atoms. The maximum absolute atomic E-state index is 15.8. The molecule has 6 rings (SSSR count). The van der Waals surface area contributed by atoms with Gasteiger partial charge in [0.05, 0.1) is 38.3 Å². The van der Waals surface area contributed by atoms with Gasteiger partial charge in [-0.2, -0.15) is 0 Å². The Morgan fingerprint density at radius 2 is 2.11 bits per heavy atom. The normalized spacial score (nSPS) is 29.0. The lowest BCUT2D eigenvalue weighted by molar-refractivity contribution is -0.143. The summed E-state index contributed by atoms with van der Waals surface area (Å²) in [7, 11) is 0. The molecule has 2 aliphatic carbocycles. The molecule has 8 heteroatoms. The summed E-state index contributed by atoms with van der Waals surface area (Å²) in [5.41, 5.74) is 4.51. The van der Waals surface area contributed by atoms with Gasteiger partial charge in [-0.3, -0.25) is 9.78 Å². The smallest absolute Gasteiger partial charge is 0.307 e. The molecule has 1 aromatic carbocycles. The van der Waals surface area contributed by atoms with Gasteiger partial charge in [-0.1, -0.05) is 22.0 Å². The molecule has 6 nitrogen and oxygen atoms in total. The Hall–Kier alpha value is -3.00. The minimum atomic E-state index is -0.926. The summed E-state index contributed by atoms with van der Waals surface area (Å²) in [5, 5.41) is 10.2. The molecule has 3 aliphatic rings. The predicted molar refractivity (Wildman–Crippen MR) is 138 cm³/mol. The van der Waals surface area contributed by atoms with E-state index in [9.17, 15) is 9.90 Å². The number of fused-ring (bicyclic) bond motifs is 4. The van der Waals surface area contributed by atoms with E-state index in [-0.39, 0.29) is 5.83 Å². The Labute approximate surface area is 217 Å². The average Bonchev–Trinajstić information content (AvgIpc) is 3.19. The predicted octanol–water partition coefficient (Wildman–Crippen LogP) is 6.23. The molecule has 2 unspecified atom stereocenters. The number of pyridine rings is 1. The van der Waals surface area contributed by atoms with Crippen LogP contribution >= 0.6 is 15.9 Å². The largest absolute Gasteiger partial charge is 0.487 e. The van der Waals surface area contributed by atoms with Crippen molar-refractivity contribution in [2.24, 2.45) is 11.3 Å². The van der Waals surface area contributed by atoms with Crippen LogP contribution in [0.15, 0.2) is 59.6 Å². The monoisotopic (exact) mass is 551 g/mol. The standard InChI is InChI=1S/C28H27BrFN3O3/c1-15-4-5-16(31-12-15)13-36-17-6-9-20-21(10-17)33-14-27(2)22(30)11-28(3,29)19-8-7-18(26(34)35)23(24(19)27)25(33)32-20/h4-6,9-12,18,23H,7-8,13-14H2,1-3H3,(H,34,35)/t18-,23-,27?,28?/m1/s1. The van der Waals surface area contributed by atoms with Gasteiger partial charge in [0.15, 0.2) is 0 Å². The van der Waals surface area contributed by atoms with Gasteiger partial charge in [-0.25, -0.2) is 9.37 Å². The summed E-state index contributed by atoms with van der Waals surface area (Å²) in [6.45, 7) is 6.51. The van der Waals surface area contributed by atoms with Crippen LogP contribution in [0.25, 0.3) is 11.0 Å². The first kappa shape index (κ1) is 23.4. The number of alkyl halides is 1. The van der Waals surface area contributed by atoms with Gasteiger partial charge < -0.3 is 14.4 Å². The second-order valence-electron chi connectivity index (χ2n) is 10.6. The summed E-state index contributed by atoms with van der Waals surface area (Å²) in [6, 6.07) is 9.59. The average molecular weight is 552 g/mol. The van der Waals surface area contributed by atoms with E-state index in [0.717, 1.165) is 33.4 Å². The van der Waals surface area contributed by atoms with Crippen molar-refractivity contribution in [1.29, 1.82) is 0 Å². The summed E-state index contributed by atoms with van der Waals surface area (Å²) in [4.78, 5) is 21.7. The fourth-order valence-electron chi connectivity index (χ4n) is 6.19. The van der Waals surface area contributed by atoms with Crippen LogP contribution in [0.5, 0.6) is 5.75 Å². The van der Waals surface area contributed by atoms with Gasteiger partial charge in [-0.15, -0.1) is 0 Å². The molecule has 0 radical (unpaired) electrons. The molecule has 2 aromatic heterocycles. The molecular formula is C28H27BrFN3O3. The quantitative estimate of drug-likeness (QED) is 0.307. The molecule has 1 aliphatic heterocycles. The molecule has 1 N–H and O–H groups in total. The first-order chi connectivity index (χ1) is 17.1. The van der Waals surface area contributed by atoms with Crippen LogP contribution in [0.2, 0.25) is 0 Å². The molecule has 3 heterocycles. The van der Waals surface area contributed by atoms with Crippen LogP contribution in [0, 0.1) is 18.3 Å². The molecule has 4 atom stereocenters. The lowest BCUT2D eigenvalue weighted by Crippen LogP contribution is -2.47. The van der Waals surface area contributed by atoms with E-state index in [4.69, 9.17) is 9.72 Å². The third kappa shape index (κ3) is 3.44. The summed E-state index contributed by atoms with van der Waals surface area (Å²) in [5.74, 6) is -0.896. The Morgan fingerprint density at radius 3 is 2.83 bits per heavy atom. The fourth-order valence-corrected chi connectivity index (χ4v) is 6.81. The number of nitrogens with zero attached hydrogens (tertiary/aromatic N) is 3. The topological polar surface area (TPSA) is 77.2 Å². The fraction of sp³-hybridized carbons (Fsp3) is 0.393. The van der Waals surface area contributed by atoms with E-state index in [1.165, 1.54) is 0 Å². The number of halogens is 2. The molecule has 0 saturated heterocycles. The van der Waals surface area contributed by atoms with E-state index in [1.54, 1.807) is 6.08 Å². The zero-order chi connectivity index (χ0) is 25.4. The number of rotatable bonds is 4. The second kappa shape index (κ2) is 8.00. The molecular weight excluding hydrogens is 525 g/mol. The van der Waals surface area contributed by atoms with E-state index in [2.05, 4.69) is 20.9 Å². The first-order valence-electron chi connectivity index (χ1n) is 12.2. The number of hydrogen-bond acceptors (Lipinski definition) is 4. The van der Waals surface area contributed by atoms with Crippen LogP contribution < -0.4 is 4.74 Å². The maximum Gasteiger partial charge on any atom is 0.307 e. The molecule has 36 heavy (non-hydrogen) atoms. The third-order valence-corrected chi connectivity index (χ3v) is 8.74. The van der Waals surface area contributed by atoms with E-state index in [1.807, 2.05) is 61.9 Å². The van der Waals surface area contributed by atoms with Crippen molar-refractivity contribution in [3.8, 4) is 5.75 Å². The van der Waals surface area contributed by atoms with Crippen LogP contribution in [0.4, 0.5) is 4.39 Å². The number of hydrogen-bond donors (Lipinski definition) is 1. The lowest BCUT2D eigenvalue weighted by Gasteiger charge is -2.51. The molecule has 3 aromatic rings. The Kier molecular flexibility index (Phi) is 5.20. The number of carboxylic acid groups (broad SMARTS) is 1. The Balaban J connectivity index is 1.47. The molecule has 0 amide bonds. The number of ether oxygens (including phenoxy) is 1. The Bertz CT molecular complexity index is 1470. The number of aromatic nitrogens is 3. The number of imidazole rings is 1. The van der Waals surface area contributed by atoms with Crippen LogP contribution in [-0.2, 0) is 17.9 Å². The number of aryl methyl sites for hydroxylation is 1. The molecule has 0 bridgehead atoms. The SMILES string of the molecule is Cc1ccc(COc2ccc3nc4n(c3c2)CC2(C)C(F)=CC(C)(Br)C3=C2[C@H]4[C@H](C(=O)O)CC3)nc1. The summed E-state index contributed by atoms with van der Waals surface area (Å²) < 4.78 is 23.2. The number of allylic oxidation sites excluding steroid dienone is 4. The van der Waals surface area contributed by atoms with Gasteiger partial charge in [0.25, 0.3) is 0 Å². The van der Waals surface area contributed by atoms with Gasteiger partial charge in [0.1, 0.15) is 24.0 Å². The Morgan fingerprint density at radius 1 is 1.31 bits per heavy atom. The minimum absolute atomic E-state index is 0.234. The molecule has 0 fully saturated rings. The number of aliphatic carboxylic acids is 1. The highest BCUT2D eigenvalue weighted by molar-refractivity contribution is 9.10. The van der Waals surface area contributed by atoms with Gasteiger partial charge in [0, 0.05) is 18.8 Å². The van der Waals surface area contributed by atoms with E-state index < -0.39 is 27.5 Å². The number of benzene rings is 1. The van der Waals surface area contributed by atoms with Crippen molar-refractivity contribution in [1.82, 2.24) is 14.5 Å². The molecule has 186 valence electrons. The van der Waals surface area contributed by atoms with Crippen LogP contribution in [0.1, 0.15) is 49.7 Å². The van der Waals surface area contributed by atoms with E-state index >= 15 is 4.39 Å². The zero-order valence-electron chi connectivity index (χ0n) is 20.4. The van der Waals surface area contributed by atoms with Crippen molar-refractivity contribution >= 4 is 32.9 Å². The number of carbonyl (C=O) groups is 1. The van der Waals surface area contributed by atoms with Crippen molar-refractivity contribution in [3.05, 3.63) is 76.7 Å². The van der Waals surface area contributed by atoms with E-state index in [0.29, 0.717) is 37.6 Å². The summed E-state index contributed by atoms with van der Waals surface area (Å²) >= 11 is 3.72. The highest BCUT2D eigenvalue weighted by Crippen LogP contribution is 2.61. The van der Waals surface area contributed by atoms with Crippen molar-refractivity contribution in [2.45, 2.75) is 57.0 Å². The highest BCUT2D eigenvalue weighted by atomic mass is 79.9. The van der Waals surface area contributed by atoms with Gasteiger partial charge >= 0.3 is 5.97 Å².